The number of carbonyl (C=O) groups is 3. The number of nitrogens with one attached hydrogen (secondary N) is 2. The number of amides is 3. The van der Waals surface area contributed by atoms with Crippen LogP contribution in [-0.4, -0.2) is 29.4 Å². The van der Waals surface area contributed by atoms with E-state index in [1.807, 2.05) is 24.3 Å². The van der Waals surface area contributed by atoms with E-state index < -0.39 is 5.25 Å². The van der Waals surface area contributed by atoms with Crippen LogP contribution in [0.15, 0.2) is 42.5 Å². The van der Waals surface area contributed by atoms with Crippen LogP contribution in [0.3, 0.4) is 0 Å². The van der Waals surface area contributed by atoms with Crippen LogP contribution >= 0.6 is 23.4 Å². The molecule has 3 amide bonds. The predicted molar refractivity (Wildman–Crippen MR) is 104 cm³/mol. The van der Waals surface area contributed by atoms with Crippen LogP contribution < -0.4 is 15.4 Å². The minimum Gasteiger partial charge on any atom is -0.496 e. The maximum Gasteiger partial charge on any atom is 0.286 e. The molecule has 0 unspecified atom stereocenters. The lowest BCUT2D eigenvalue weighted by Crippen LogP contribution is -2.25. The number of benzene rings is 2. The van der Waals surface area contributed by atoms with Crippen molar-refractivity contribution in [1.82, 2.24) is 10.6 Å². The summed E-state index contributed by atoms with van der Waals surface area (Å²) in [4.78, 5) is 35.2. The highest BCUT2D eigenvalue weighted by Gasteiger charge is 2.31. The van der Waals surface area contributed by atoms with Crippen LogP contribution in [0.5, 0.6) is 5.75 Å². The van der Waals surface area contributed by atoms with Crippen LogP contribution in [0, 0.1) is 0 Å². The summed E-state index contributed by atoms with van der Waals surface area (Å²) in [6, 6.07) is 12.4. The Hall–Kier alpha value is -2.51. The Balaban J connectivity index is 1.59. The third-order valence-corrected chi connectivity index (χ3v) is 5.29. The van der Waals surface area contributed by atoms with Gasteiger partial charge in [-0.1, -0.05) is 47.6 Å². The molecular formula is C19H17ClN2O4S. The Morgan fingerprint density at radius 2 is 1.89 bits per heavy atom. The number of methoxy groups -OCH3 is 1. The Morgan fingerprint density at radius 3 is 2.52 bits per heavy atom. The zero-order valence-electron chi connectivity index (χ0n) is 14.5. The average Bonchev–Trinajstić information content (AvgIpc) is 2.97. The van der Waals surface area contributed by atoms with Gasteiger partial charge in [0.15, 0.2) is 0 Å². The van der Waals surface area contributed by atoms with Gasteiger partial charge in [-0.3, -0.25) is 19.7 Å². The fraction of sp³-hybridized carbons (Fsp3) is 0.211. The maximum absolute atomic E-state index is 12.4. The van der Waals surface area contributed by atoms with Crippen LogP contribution in [-0.2, 0) is 17.8 Å². The van der Waals surface area contributed by atoms with E-state index in [0.29, 0.717) is 29.3 Å². The summed E-state index contributed by atoms with van der Waals surface area (Å²) in [6.07, 6.45) is 0.481. The van der Waals surface area contributed by atoms with Gasteiger partial charge in [0, 0.05) is 11.6 Å². The topological polar surface area (TPSA) is 84.5 Å². The molecule has 6 nitrogen and oxygen atoms in total. The van der Waals surface area contributed by atoms with Crippen LogP contribution in [0.1, 0.15) is 21.5 Å². The molecule has 0 radical (unpaired) electrons. The number of carbonyl (C=O) groups excluding carboxylic acids is 3. The first-order chi connectivity index (χ1) is 13.0. The van der Waals surface area contributed by atoms with Crippen molar-refractivity contribution in [2.45, 2.75) is 18.2 Å². The predicted octanol–water partition coefficient (Wildman–Crippen LogP) is 3.17. The van der Waals surface area contributed by atoms with E-state index in [9.17, 15) is 14.4 Å². The molecule has 1 heterocycles. The second-order valence-electron chi connectivity index (χ2n) is 5.93. The summed E-state index contributed by atoms with van der Waals surface area (Å²) < 4.78 is 5.19. The van der Waals surface area contributed by atoms with E-state index in [0.717, 1.165) is 22.9 Å². The van der Waals surface area contributed by atoms with Crippen molar-refractivity contribution < 1.29 is 19.1 Å². The molecule has 0 aromatic heterocycles. The number of rotatable bonds is 6. The van der Waals surface area contributed by atoms with Gasteiger partial charge in [0.05, 0.1) is 17.9 Å². The highest BCUT2D eigenvalue weighted by molar-refractivity contribution is 8.15. The summed E-state index contributed by atoms with van der Waals surface area (Å²) in [7, 11) is 1.50. The summed E-state index contributed by atoms with van der Waals surface area (Å²) in [5.74, 6) is -0.0816. The summed E-state index contributed by atoms with van der Waals surface area (Å²) >= 11 is 6.96. The minimum absolute atomic E-state index is 0.253. The lowest BCUT2D eigenvalue weighted by molar-refractivity contribution is -0.118. The molecule has 0 aliphatic carbocycles. The molecule has 2 aromatic rings. The van der Waals surface area contributed by atoms with Gasteiger partial charge in [-0.25, -0.2) is 0 Å². The maximum atomic E-state index is 12.4. The standard InChI is InChI=1S/C19H17ClN2O4S/c1-26-15-7-6-13(20)9-14(15)17(23)21-10-12-4-2-11(3-5-12)8-16-18(24)22-19(25)27-16/h2-7,9,16H,8,10H2,1H3,(H,21,23)(H,22,24,25)/t16-/m0/s1. The van der Waals surface area contributed by atoms with E-state index in [1.54, 1.807) is 18.2 Å². The average molecular weight is 405 g/mol. The summed E-state index contributed by atoms with van der Waals surface area (Å²) in [6.45, 7) is 0.339. The molecule has 2 N–H and O–H groups in total. The number of thioether (sulfide) groups is 1. The molecule has 27 heavy (non-hydrogen) atoms. The highest BCUT2D eigenvalue weighted by atomic mass is 35.5. The lowest BCUT2D eigenvalue weighted by atomic mass is 10.1. The first-order valence-electron chi connectivity index (χ1n) is 8.17. The fourth-order valence-corrected chi connectivity index (χ4v) is 3.70. The van der Waals surface area contributed by atoms with Crippen molar-refractivity contribution in [3.8, 4) is 5.75 Å². The zero-order chi connectivity index (χ0) is 19.4. The van der Waals surface area contributed by atoms with Crippen LogP contribution in [0.25, 0.3) is 0 Å². The molecule has 1 atom stereocenters. The van der Waals surface area contributed by atoms with Crippen molar-refractivity contribution in [3.63, 3.8) is 0 Å². The lowest BCUT2D eigenvalue weighted by Gasteiger charge is -2.10. The van der Waals surface area contributed by atoms with Gasteiger partial charge in [-0.05, 0) is 35.7 Å². The van der Waals surface area contributed by atoms with Gasteiger partial charge < -0.3 is 10.1 Å². The van der Waals surface area contributed by atoms with Gasteiger partial charge in [-0.15, -0.1) is 0 Å². The molecule has 2 aromatic carbocycles. The van der Waals surface area contributed by atoms with Crippen molar-refractivity contribution in [3.05, 3.63) is 64.2 Å². The van der Waals surface area contributed by atoms with Gasteiger partial charge in [-0.2, -0.15) is 0 Å². The third-order valence-electron chi connectivity index (χ3n) is 4.07. The minimum atomic E-state index is -0.390. The molecule has 1 saturated heterocycles. The molecule has 0 saturated carbocycles. The highest BCUT2D eigenvalue weighted by Crippen LogP contribution is 2.24. The molecule has 1 aliphatic heterocycles. The van der Waals surface area contributed by atoms with E-state index in [2.05, 4.69) is 10.6 Å². The molecule has 1 fully saturated rings. The van der Waals surface area contributed by atoms with Crippen molar-refractivity contribution in [2.75, 3.05) is 7.11 Å². The smallest absolute Gasteiger partial charge is 0.286 e. The van der Waals surface area contributed by atoms with E-state index in [-0.39, 0.29) is 17.1 Å². The Morgan fingerprint density at radius 1 is 1.19 bits per heavy atom. The van der Waals surface area contributed by atoms with E-state index >= 15 is 0 Å². The van der Waals surface area contributed by atoms with Crippen molar-refractivity contribution >= 4 is 40.4 Å². The Bertz CT molecular complexity index is 886. The molecule has 0 spiro atoms. The SMILES string of the molecule is COc1ccc(Cl)cc1C(=O)NCc1ccc(C[C@@H]2SC(=O)NC2=O)cc1. The summed E-state index contributed by atoms with van der Waals surface area (Å²) in [5.41, 5.74) is 2.23. The van der Waals surface area contributed by atoms with Crippen molar-refractivity contribution in [2.24, 2.45) is 0 Å². The number of imide groups is 1. The number of halogens is 1. The Labute approximate surface area is 165 Å². The zero-order valence-corrected chi connectivity index (χ0v) is 16.0. The Kier molecular flexibility index (Phi) is 6.03. The van der Waals surface area contributed by atoms with Gasteiger partial charge in [0.1, 0.15) is 5.75 Å². The second kappa shape index (κ2) is 8.45. The van der Waals surface area contributed by atoms with Crippen LogP contribution in [0.4, 0.5) is 4.79 Å². The third kappa shape index (κ3) is 4.81. The second-order valence-corrected chi connectivity index (χ2v) is 7.54. The normalized spacial score (nSPS) is 16.1. The summed E-state index contributed by atoms with van der Waals surface area (Å²) in [5, 5.41) is 4.87. The molecule has 3 rings (SSSR count). The quantitative estimate of drug-likeness (QED) is 0.772. The number of ether oxygens (including phenoxy) is 1. The number of hydrogen-bond acceptors (Lipinski definition) is 5. The molecular weight excluding hydrogens is 388 g/mol. The molecule has 0 bridgehead atoms. The first kappa shape index (κ1) is 19.3. The van der Waals surface area contributed by atoms with Crippen molar-refractivity contribution in [1.29, 1.82) is 0 Å². The first-order valence-corrected chi connectivity index (χ1v) is 9.43. The number of hydrogen-bond donors (Lipinski definition) is 2. The molecule has 1 aliphatic rings. The van der Waals surface area contributed by atoms with E-state index in [1.165, 1.54) is 7.11 Å². The molecule has 140 valence electrons. The van der Waals surface area contributed by atoms with E-state index in [4.69, 9.17) is 16.3 Å². The van der Waals surface area contributed by atoms with Crippen LogP contribution in [0.2, 0.25) is 5.02 Å². The monoisotopic (exact) mass is 404 g/mol. The molecule has 8 heteroatoms. The fourth-order valence-electron chi connectivity index (χ4n) is 2.67. The largest absolute Gasteiger partial charge is 0.496 e. The van der Waals surface area contributed by atoms with Gasteiger partial charge in [0.2, 0.25) is 5.91 Å². The van der Waals surface area contributed by atoms with Gasteiger partial charge >= 0.3 is 0 Å². The van der Waals surface area contributed by atoms with Gasteiger partial charge in [0.25, 0.3) is 11.1 Å².